The molecule has 1 aliphatic rings. The molecule has 1 aliphatic heterocycles. The summed E-state index contributed by atoms with van der Waals surface area (Å²) in [5, 5.41) is 8.54. The van der Waals surface area contributed by atoms with Gasteiger partial charge in [-0.05, 0) is 13.0 Å². The summed E-state index contributed by atoms with van der Waals surface area (Å²) in [6.45, 7) is 4.32. The SMILES string of the molecule is CCS(=O)(=O)NCC1CN(Cc2cnn(C)c2)Cc2ccnn21. The van der Waals surface area contributed by atoms with Gasteiger partial charge >= 0.3 is 0 Å². The van der Waals surface area contributed by atoms with Crippen molar-refractivity contribution in [2.45, 2.75) is 26.1 Å². The van der Waals surface area contributed by atoms with E-state index in [9.17, 15) is 8.42 Å². The molecule has 9 heteroatoms. The van der Waals surface area contributed by atoms with Gasteiger partial charge in [0.05, 0.1) is 23.7 Å². The standard InChI is InChI=1S/C14H22N6O2S/c1-3-23(21,22)17-7-14-11-19(9-12-6-16-18(2)8-12)10-13-4-5-15-20(13)14/h4-6,8,14,17H,3,7,9-11H2,1-2H3. The Labute approximate surface area is 136 Å². The van der Waals surface area contributed by atoms with Crippen LogP contribution in [0.15, 0.2) is 24.7 Å². The van der Waals surface area contributed by atoms with Crippen LogP contribution in [0.2, 0.25) is 0 Å². The fourth-order valence-corrected chi connectivity index (χ4v) is 3.52. The molecule has 3 heterocycles. The summed E-state index contributed by atoms with van der Waals surface area (Å²) in [6.07, 6.45) is 5.63. The second kappa shape index (κ2) is 6.42. The highest BCUT2D eigenvalue weighted by molar-refractivity contribution is 7.89. The molecular formula is C14H22N6O2S. The van der Waals surface area contributed by atoms with E-state index in [0.717, 1.165) is 30.9 Å². The molecule has 2 aromatic rings. The molecule has 0 saturated heterocycles. The molecule has 0 aliphatic carbocycles. The van der Waals surface area contributed by atoms with E-state index >= 15 is 0 Å². The van der Waals surface area contributed by atoms with E-state index in [4.69, 9.17) is 0 Å². The molecule has 0 radical (unpaired) electrons. The van der Waals surface area contributed by atoms with Gasteiger partial charge in [0.25, 0.3) is 0 Å². The molecule has 0 saturated carbocycles. The summed E-state index contributed by atoms with van der Waals surface area (Å²) < 4.78 is 29.8. The number of nitrogens with one attached hydrogen (secondary N) is 1. The molecule has 1 unspecified atom stereocenters. The van der Waals surface area contributed by atoms with E-state index in [1.165, 1.54) is 0 Å². The number of hydrogen-bond donors (Lipinski definition) is 1. The van der Waals surface area contributed by atoms with E-state index in [-0.39, 0.29) is 11.8 Å². The quantitative estimate of drug-likeness (QED) is 0.808. The fraction of sp³-hybridized carbons (Fsp3) is 0.571. The normalized spacial score (nSPS) is 19.0. The Bertz CT molecular complexity index is 766. The van der Waals surface area contributed by atoms with Gasteiger partial charge in [-0.3, -0.25) is 14.3 Å². The number of rotatable bonds is 6. The molecule has 0 spiro atoms. The Morgan fingerprint density at radius 3 is 2.91 bits per heavy atom. The first-order valence-electron chi connectivity index (χ1n) is 7.66. The largest absolute Gasteiger partial charge is 0.291 e. The summed E-state index contributed by atoms with van der Waals surface area (Å²) in [7, 11) is -1.30. The van der Waals surface area contributed by atoms with Crippen LogP contribution in [0, 0.1) is 0 Å². The minimum Gasteiger partial charge on any atom is -0.291 e. The maximum Gasteiger partial charge on any atom is 0.211 e. The Morgan fingerprint density at radius 1 is 1.39 bits per heavy atom. The van der Waals surface area contributed by atoms with Crippen molar-refractivity contribution < 1.29 is 8.42 Å². The second-order valence-electron chi connectivity index (χ2n) is 5.86. The van der Waals surface area contributed by atoms with Crippen LogP contribution in [-0.2, 0) is 30.2 Å². The van der Waals surface area contributed by atoms with Crippen molar-refractivity contribution in [3.63, 3.8) is 0 Å². The van der Waals surface area contributed by atoms with Crippen molar-refractivity contribution in [2.75, 3.05) is 18.8 Å². The second-order valence-corrected chi connectivity index (χ2v) is 7.96. The molecular weight excluding hydrogens is 316 g/mol. The zero-order valence-electron chi connectivity index (χ0n) is 13.4. The Morgan fingerprint density at radius 2 is 2.22 bits per heavy atom. The van der Waals surface area contributed by atoms with E-state index in [1.54, 1.807) is 17.8 Å². The third-order valence-corrected chi connectivity index (χ3v) is 5.40. The fourth-order valence-electron chi connectivity index (χ4n) is 2.87. The van der Waals surface area contributed by atoms with Crippen molar-refractivity contribution in [3.05, 3.63) is 35.9 Å². The lowest BCUT2D eigenvalue weighted by atomic mass is 10.1. The van der Waals surface area contributed by atoms with Crippen molar-refractivity contribution in [1.29, 1.82) is 0 Å². The molecule has 23 heavy (non-hydrogen) atoms. The van der Waals surface area contributed by atoms with Crippen LogP contribution in [0.5, 0.6) is 0 Å². The van der Waals surface area contributed by atoms with Crippen LogP contribution in [0.1, 0.15) is 24.2 Å². The first kappa shape index (κ1) is 16.2. The lowest BCUT2D eigenvalue weighted by Crippen LogP contribution is -2.42. The highest BCUT2D eigenvalue weighted by Gasteiger charge is 2.26. The molecule has 1 N–H and O–H groups in total. The van der Waals surface area contributed by atoms with Crippen LogP contribution >= 0.6 is 0 Å². The number of aryl methyl sites for hydroxylation is 1. The number of nitrogens with zero attached hydrogens (tertiary/aromatic N) is 5. The van der Waals surface area contributed by atoms with Crippen molar-refractivity contribution >= 4 is 10.0 Å². The summed E-state index contributed by atoms with van der Waals surface area (Å²) in [5.41, 5.74) is 2.24. The van der Waals surface area contributed by atoms with Gasteiger partial charge in [0.2, 0.25) is 10.0 Å². The van der Waals surface area contributed by atoms with Crippen molar-refractivity contribution in [2.24, 2.45) is 7.05 Å². The molecule has 0 bridgehead atoms. The van der Waals surface area contributed by atoms with Gasteiger partial charge in [-0.25, -0.2) is 13.1 Å². The van der Waals surface area contributed by atoms with E-state index in [1.807, 2.05) is 30.2 Å². The number of sulfonamides is 1. The minimum absolute atomic E-state index is 0.00764. The minimum atomic E-state index is -3.20. The lowest BCUT2D eigenvalue weighted by molar-refractivity contribution is 0.168. The number of aromatic nitrogens is 4. The summed E-state index contributed by atoms with van der Waals surface area (Å²) >= 11 is 0. The highest BCUT2D eigenvalue weighted by atomic mass is 32.2. The molecule has 1 atom stereocenters. The van der Waals surface area contributed by atoms with E-state index in [0.29, 0.717) is 6.54 Å². The highest BCUT2D eigenvalue weighted by Crippen LogP contribution is 2.21. The zero-order valence-corrected chi connectivity index (χ0v) is 14.2. The van der Waals surface area contributed by atoms with Gasteiger partial charge in [-0.2, -0.15) is 10.2 Å². The van der Waals surface area contributed by atoms with Gasteiger partial charge in [-0.1, -0.05) is 0 Å². The predicted octanol–water partition coefficient (Wildman–Crippen LogP) is 0.113. The third kappa shape index (κ3) is 3.80. The van der Waals surface area contributed by atoms with Crippen LogP contribution in [0.25, 0.3) is 0 Å². The van der Waals surface area contributed by atoms with Crippen molar-refractivity contribution in [1.82, 2.24) is 29.2 Å². The maximum absolute atomic E-state index is 11.7. The van der Waals surface area contributed by atoms with Gasteiger partial charge < -0.3 is 0 Å². The average molecular weight is 338 g/mol. The molecule has 2 aromatic heterocycles. The Hall–Kier alpha value is -1.71. The lowest BCUT2D eigenvalue weighted by Gasteiger charge is -2.33. The van der Waals surface area contributed by atoms with E-state index in [2.05, 4.69) is 19.8 Å². The summed E-state index contributed by atoms with van der Waals surface area (Å²) in [6, 6.07) is 1.98. The first-order valence-corrected chi connectivity index (χ1v) is 9.31. The van der Waals surface area contributed by atoms with Gasteiger partial charge in [-0.15, -0.1) is 0 Å². The molecule has 126 valence electrons. The van der Waals surface area contributed by atoms with Gasteiger partial charge in [0, 0.05) is 51.2 Å². The molecule has 3 rings (SSSR count). The van der Waals surface area contributed by atoms with Crippen LogP contribution in [0.4, 0.5) is 0 Å². The first-order chi connectivity index (χ1) is 11.0. The monoisotopic (exact) mass is 338 g/mol. The molecule has 0 amide bonds. The molecule has 8 nitrogen and oxygen atoms in total. The van der Waals surface area contributed by atoms with Gasteiger partial charge in [0.1, 0.15) is 0 Å². The van der Waals surface area contributed by atoms with Crippen LogP contribution in [0.3, 0.4) is 0 Å². The average Bonchev–Trinajstić information content (AvgIpc) is 3.14. The molecule has 0 fully saturated rings. The number of fused-ring (bicyclic) bond motifs is 1. The van der Waals surface area contributed by atoms with Crippen molar-refractivity contribution in [3.8, 4) is 0 Å². The Balaban J connectivity index is 1.72. The Kier molecular flexibility index (Phi) is 4.51. The predicted molar refractivity (Wildman–Crippen MR) is 86.0 cm³/mol. The van der Waals surface area contributed by atoms with E-state index < -0.39 is 10.0 Å². The van der Waals surface area contributed by atoms with Crippen LogP contribution in [-0.4, -0.2) is 51.7 Å². The smallest absolute Gasteiger partial charge is 0.211 e. The van der Waals surface area contributed by atoms with Crippen LogP contribution < -0.4 is 4.72 Å². The topological polar surface area (TPSA) is 85.1 Å². The summed E-state index contributed by atoms with van der Waals surface area (Å²) in [5.74, 6) is 0.0884. The molecule has 0 aromatic carbocycles. The van der Waals surface area contributed by atoms with Gasteiger partial charge in [0.15, 0.2) is 0 Å². The number of hydrogen-bond acceptors (Lipinski definition) is 5. The zero-order chi connectivity index (χ0) is 16.4. The maximum atomic E-state index is 11.7. The summed E-state index contributed by atoms with van der Waals surface area (Å²) in [4.78, 5) is 2.29. The third-order valence-electron chi connectivity index (χ3n) is 4.04.